The number of carbonyl (C=O) groups excluding carboxylic acids is 8. The van der Waals surface area contributed by atoms with Crippen molar-refractivity contribution < 1.29 is 122 Å². The fourth-order valence-electron chi connectivity index (χ4n) is 15.8. The molecular formula is C83H110ClN11O25. The van der Waals surface area contributed by atoms with Crippen LogP contribution in [0.1, 0.15) is 184 Å². The Bertz CT molecular complexity index is 4560. The summed E-state index contributed by atoms with van der Waals surface area (Å²) in [7, 11) is 1.49. The molecule has 654 valence electrons. The van der Waals surface area contributed by atoms with Crippen molar-refractivity contribution in [3.05, 3.63) is 118 Å². The van der Waals surface area contributed by atoms with Crippen LogP contribution in [-0.2, 0) is 62.0 Å². The highest BCUT2D eigenvalue weighted by atomic mass is 35.5. The molecule has 3 saturated heterocycles. The van der Waals surface area contributed by atoms with Crippen molar-refractivity contribution in [2.45, 2.75) is 259 Å². The molecule has 3 fully saturated rings. The number of phenolic OH excluding ortho intramolecular Hbond substituents is 3. The van der Waals surface area contributed by atoms with Gasteiger partial charge < -0.3 is 144 Å². The lowest BCUT2D eigenvalue weighted by atomic mass is 9.86. The average Bonchev–Trinajstić information content (AvgIpc) is 1.12. The standard InChI is InChI=1S/C83H110ClN11O25/c1-9-10-11-12-13-14-15-16-24-89-76(108)63-47-31-44(97)32-52(99)60(47)46-27-40(20-22-51(46)98)61-77(109)95-65(80(112)93-63)69(118-58-34-82(6,86)72(104)38(4)113-58)42-18-17-19-45(26-42)115-54-29-43-30-55(70(54)120-81-71(68(103)67(102)56(36-96)117-81)119-59-35-83(7,87)73(105)39(5)114-59)116-53-23-21-41(28-48(53)84)66(101)64(94-74(106)49(88-8)25-37(2)3)79(111)90-50(33-57(85)100)75(107)91-62(43)78(110)92-61/h17-23,26-32,37-39,49-50,56,58-59,61-69,71-73,81,88,96-99,101-105H,9-16,24-25,33-36,86-87H2,1-8H3,(H2,85,100)(H,89,108)(H,90,111)(H,91,107)(H,92,110)(H,93,112)(H,94,106)(H,95,109)/t38-,39-,49-,50+,56+,58+,59+,61-,62-,63+,64-,65+,66-,67+,68-,69-,71+,72+,73+,81+,82-,83-/m1/s1. The molecule has 22 atom stereocenters. The van der Waals surface area contributed by atoms with Crippen molar-refractivity contribution in [3.63, 3.8) is 0 Å². The van der Waals surface area contributed by atoms with Gasteiger partial charge in [0.25, 0.3) is 0 Å². The van der Waals surface area contributed by atoms with E-state index in [-0.39, 0.29) is 81.6 Å². The van der Waals surface area contributed by atoms with Gasteiger partial charge in [0.15, 0.2) is 30.2 Å². The van der Waals surface area contributed by atoms with E-state index in [1.807, 2.05) is 13.8 Å². The number of rotatable bonds is 24. The Hall–Kier alpha value is -9.61. The van der Waals surface area contributed by atoms with Crippen molar-refractivity contribution >= 4 is 58.9 Å². The minimum atomic E-state index is -2.33. The van der Waals surface area contributed by atoms with Crippen LogP contribution in [0.2, 0.25) is 5.02 Å². The molecule has 37 heteroatoms. The third kappa shape index (κ3) is 21.1. The third-order valence-electron chi connectivity index (χ3n) is 22.4. The zero-order valence-corrected chi connectivity index (χ0v) is 68.5. The molecule has 7 heterocycles. The molecule has 7 aliphatic heterocycles. The Labute approximate surface area is 697 Å². The van der Waals surface area contributed by atoms with E-state index in [0.717, 1.165) is 81.0 Å². The first-order valence-electron chi connectivity index (χ1n) is 40.3. The van der Waals surface area contributed by atoms with Crippen molar-refractivity contribution in [1.29, 1.82) is 0 Å². The fraction of sp³-hybridized carbons (Fsp3) is 0.542. The van der Waals surface area contributed by atoms with Crippen LogP contribution in [0, 0.1) is 5.92 Å². The van der Waals surface area contributed by atoms with E-state index in [1.54, 1.807) is 0 Å². The molecule has 5 aromatic carbocycles. The van der Waals surface area contributed by atoms with Gasteiger partial charge >= 0.3 is 0 Å². The van der Waals surface area contributed by atoms with Gasteiger partial charge in [-0.15, -0.1) is 0 Å². The molecule has 0 unspecified atom stereocenters. The van der Waals surface area contributed by atoms with Crippen LogP contribution >= 0.6 is 11.6 Å². The van der Waals surface area contributed by atoms with Crippen LogP contribution in [0.4, 0.5) is 0 Å². The highest BCUT2D eigenvalue weighted by Crippen LogP contribution is 2.50. The lowest BCUT2D eigenvalue weighted by Gasteiger charge is -2.47. The number of fused-ring (bicyclic) bond motifs is 19. The second kappa shape index (κ2) is 39.1. The first-order chi connectivity index (χ1) is 56.9. The summed E-state index contributed by atoms with van der Waals surface area (Å²) in [5.41, 5.74) is 14.4. The largest absolute Gasteiger partial charge is 0.508 e. The van der Waals surface area contributed by atoms with Crippen LogP contribution in [0.3, 0.4) is 0 Å². The summed E-state index contributed by atoms with van der Waals surface area (Å²) < 4.78 is 52.7. The summed E-state index contributed by atoms with van der Waals surface area (Å²) >= 11 is 7.21. The zero-order valence-electron chi connectivity index (χ0n) is 67.8. The quantitative estimate of drug-likeness (QED) is 0.0395. The number of benzene rings is 5. The maximum atomic E-state index is 16.6. The minimum Gasteiger partial charge on any atom is -0.508 e. The number of unbranched alkanes of at least 4 members (excludes halogenated alkanes) is 7. The van der Waals surface area contributed by atoms with Crippen molar-refractivity contribution in [2.24, 2.45) is 23.1 Å². The normalized spacial score (nSPS) is 30.5. The lowest BCUT2D eigenvalue weighted by Crippen LogP contribution is -2.64. The van der Waals surface area contributed by atoms with Gasteiger partial charge in [-0.3, -0.25) is 38.4 Å². The van der Waals surface area contributed by atoms with Gasteiger partial charge in [-0.25, -0.2) is 0 Å². The molecule has 36 nitrogen and oxygen atoms in total. The molecule has 5 aromatic rings. The Kier molecular flexibility index (Phi) is 29.7. The van der Waals surface area contributed by atoms with Gasteiger partial charge in [-0.05, 0) is 136 Å². The summed E-state index contributed by atoms with van der Waals surface area (Å²) in [5.74, 6) is -14.1. The number of carbonyl (C=O) groups is 8. The van der Waals surface area contributed by atoms with E-state index in [9.17, 15) is 55.5 Å². The van der Waals surface area contributed by atoms with E-state index in [0.29, 0.717) is 12.8 Å². The second-order valence-electron chi connectivity index (χ2n) is 32.6. The number of aromatic hydroxyl groups is 3. The molecule has 7 aliphatic rings. The topological polar surface area (TPSA) is 567 Å². The van der Waals surface area contributed by atoms with Gasteiger partial charge in [0.1, 0.15) is 95.5 Å². The van der Waals surface area contributed by atoms with Crippen LogP contribution in [-0.4, -0.2) is 216 Å². The molecule has 0 aromatic heterocycles. The zero-order chi connectivity index (χ0) is 87.1. The highest BCUT2D eigenvalue weighted by molar-refractivity contribution is 6.32. The van der Waals surface area contributed by atoms with Crippen LogP contribution in [0.5, 0.6) is 46.0 Å². The number of aliphatic hydroxyl groups is 6. The molecule has 0 aliphatic carbocycles. The molecule has 8 amide bonds. The fourth-order valence-corrected chi connectivity index (χ4v) is 16.1. The molecule has 0 saturated carbocycles. The van der Waals surface area contributed by atoms with E-state index >= 15 is 28.8 Å². The summed E-state index contributed by atoms with van der Waals surface area (Å²) in [5, 5.41) is 126. The van der Waals surface area contributed by atoms with Crippen LogP contribution in [0.25, 0.3) is 11.1 Å². The number of hydrogen-bond donors (Lipinski definition) is 20. The van der Waals surface area contributed by atoms with Gasteiger partial charge in [0, 0.05) is 47.7 Å². The second-order valence-corrected chi connectivity index (χ2v) is 33.0. The smallest absolute Gasteiger partial charge is 0.248 e. The van der Waals surface area contributed by atoms with E-state index in [2.05, 4.69) is 49.5 Å². The lowest BCUT2D eigenvalue weighted by molar-refractivity contribution is -0.333. The van der Waals surface area contributed by atoms with E-state index in [4.69, 9.17) is 66.7 Å². The summed E-state index contributed by atoms with van der Waals surface area (Å²) in [6.45, 7) is 10.9. The van der Waals surface area contributed by atoms with Crippen LogP contribution in [0.15, 0.2) is 84.9 Å². The molecule has 23 N–H and O–H groups in total. The maximum Gasteiger partial charge on any atom is 0.248 e. The molecule has 0 radical (unpaired) electrons. The van der Waals surface area contributed by atoms with Gasteiger partial charge in [-0.2, -0.15) is 0 Å². The number of aliphatic hydroxyl groups excluding tert-OH is 6. The number of ether oxygens (including phenoxy) is 8. The van der Waals surface area contributed by atoms with E-state index < -0.39 is 234 Å². The number of likely N-dealkylation sites (N-methyl/N-ethyl adjacent to an activating group) is 1. The number of halogens is 1. The molecule has 120 heavy (non-hydrogen) atoms. The molecule has 0 spiro atoms. The maximum absolute atomic E-state index is 16.6. The SMILES string of the molecule is CCCCCCCCCCNC(=O)[C@H]1NC(=O)[C@H]2NC(=O)[C@H](NC(=O)[C@@H]3NC(=O)[C@H](CC(N)=O)NC(=O)[C@H](NC(=O)[C@@H](CC(C)C)NC)[C@H](O)c4ccc(c(Cl)c4)Oc4cc3cc(c4O[C@@H]3O[C@@H](CO)[C@H](O)[C@@H](O)[C@@H]3O[C@H]3C[C@@](C)(N)[C@@H](O)[C@@H](C)O3)Oc3cccc(c3)[C@H]2O[C@H]2C[C@@](C)(N)[C@@H](O)[C@@H](C)O2)c2ccc(O)c(c2)-c2c(O)cc(O)cc21. The summed E-state index contributed by atoms with van der Waals surface area (Å²) in [4.78, 5) is 123. The van der Waals surface area contributed by atoms with E-state index in [1.165, 1.54) is 77.2 Å². The number of hydrogen-bond acceptors (Lipinski definition) is 28. The predicted molar refractivity (Wildman–Crippen MR) is 429 cm³/mol. The number of nitrogens with two attached hydrogens (primary N) is 3. The average molecular weight is 1700 g/mol. The Morgan fingerprint density at radius 3 is 1.92 bits per heavy atom. The highest BCUT2D eigenvalue weighted by Gasteiger charge is 2.53. The van der Waals surface area contributed by atoms with Crippen molar-refractivity contribution in [2.75, 3.05) is 20.2 Å². The third-order valence-corrected chi connectivity index (χ3v) is 22.7. The number of phenols is 3. The summed E-state index contributed by atoms with van der Waals surface area (Å²) in [6, 6.07) is 2.93. The van der Waals surface area contributed by atoms with Gasteiger partial charge in [-0.1, -0.05) is 102 Å². The number of primary amides is 1. The molecule has 12 rings (SSSR count). The Morgan fingerprint density at radius 1 is 0.658 bits per heavy atom. The Balaban J connectivity index is 1.17. The monoisotopic (exact) mass is 1700 g/mol. The first kappa shape index (κ1) is 91.1. The first-order valence-corrected chi connectivity index (χ1v) is 40.7. The number of amides is 8. The number of nitrogens with one attached hydrogen (secondary N) is 8. The Morgan fingerprint density at radius 2 is 1.28 bits per heavy atom. The van der Waals surface area contributed by atoms with Gasteiger partial charge in [0.05, 0.1) is 48.5 Å². The van der Waals surface area contributed by atoms with Crippen molar-refractivity contribution in [3.8, 4) is 57.1 Å². The van der Waals surface area contributed by atoms with Crippen LogP contribution < -0.4 is 73.9 Å². The summed E-state index contributed by atoms with van der Waals surface area (Å²) in [6.07, 6.45) is -15.3. The minimum absolute atomic E-state index is 0.0548. The van der Waals surface area contributed by atoms with Gasteiger partial charge in [0.2, 0.25) is 59.3 Å². The molecular weight excluding hydrogens is 1590 g/mol. The van der Waals surface area contributed by atoms with Crippen molar-refractivity contribution in [1.82, 2.24) is 42.5 Å². The molecule has 11 bridgehead atoms. The predicted octanol–water partition coefficient (Wildman–Crippen LogP) is 2.86.